The van der Waals surface area contributed by atoms with E-state index in [2.05, 4.69) is 4.98 Å². The molecule has 2 aromatic rings. The summed E-state index contributed by atoms with van der Waals surface area (Å²) in [6.45, 7) is 0. The molecule has 0 atom stereocenters. The number of aromatic carboxylic acids is 1. The molecule has 1 N–H and O–H groups in total. The summed E-state index contributed by atoms with van der Waals surface area (Å²) in [6, 6.07) is 7.14. The van der Waals surface area contributed by atoms with Crippen LogP contribution in [-0.2, 0) is 0 Å². The van der Waals surface area contributed by atoms with E-state index in [9.17, 15) is 14.9 Å². The van der Waals surface area contributed by atoms with Gasteiger partial charge in [0.15, 0.2) is 0 Å². The molecular formula is C12H7ClN2O5. The number of carboxylic acid groups (broad SMARTS) is 1. The van der Waals surface area contributed by atoms with Crippen LogP contribution in [0.5, 0.6) is 11.6 Å². The molecule has 0 aliphatic heterocycles. The Labute approximate surface area is 117 Å². The summed E-state index contributed by atoms with van der Waals surface area (Å²) >= 11 is 5.77. The average molecular weight is 295 g/mol. The van der Waals surface area contributed by atoms with Crippen LogP contribution < -0.4 is 4.74 Å². The summed E-state index contributed by atoms with van der Waals surface area (Å²) < 4.78 is 5.29. The van der Waals surface area contributed by atoms with Crippen molar-refractivity contribution in [3.8, 4) is 11.6 Å². The van der Waals surface area contributed by atoms with Crippen LogP contribution in [0.3, 0.4) is 0 Å². The van der Waals surface area contributed by atoms with Crippen molar-refractivity contribution in [3.05, 3.63) is 57.2 Å². The van der Waals surface area contributed by atoms with E-state index >= 15 is 0 Å². The molecular weight excluding hydrogens is 288 g/mol. The minimum Gasteiger partial charge on any atom is -0.477 e. The quantitative estimate of drug-likeness (QED) is 0.686. The predicted molar refractivity (Wildman–Crippen MR) is 69.4 cm³/mol. The lowest BCUT2D eigenvalue weighted by molar-refractivity contribution is -0.385. The maximum Gasteiger partial charge on any atom is 0.341 e. The van der Waals surface area contributed by atoms with Gasteiger partial charge >= 0.3 is 5.97 Å². The molecule has 0 amide bonds. The number of halogens is 1. The zero-order chi connectivity index (χ0) is 14.7. The molecule has 0 fully saturated rings. The zero-order valence-electron chi connectivity index (χ0n) is 9.82. The highest BCUT2D eigenvalue weighted by atomic mass is 35.5. The third-order valence-corrected chi connectivity index (χ3v) is 2.52. The normalized spacial score (nSPS) is 10.1. The van der Waals surface area contributed by atoms with Crippen molar-refractivity contribution in [2.24, 2.45) is 0 Å². The number of hydrogen-bond donors (Lipinski definition) is 1. The maximum atomic E-state index is 11.1. The van der Waals surface area contributed by atoms with Gasteiger partial charge in [-0.25, -0.2) is 9.78 Å². The van der Waals surface area contributed by atoms with E-state index in [1.165, 1.54) is 6.07 Å². The Bertz CT molecular complexity index is 689. The molecule has 0 unspecified atom stereocenters. The first-order valence-electron chi connectivity index (χ1n) is 5.28. The largest absolute Gasteiger partial charge is 0.477 e. The van der Waals surface area contributed by atoms with Crippen LogP contribution >= 0.6 is 11.6 Å². The second-order valence-corrected chi connectivity index (χ2v) is 4.10. The lowest BCUT2D eigenvalue weighted by Gasteiger charge is -2.07. The first-order valence-corrected chi connectivity index (χ1v) is 5.66. The Kier molecular flexibility index (Phi) is 3.81. The topological polar surface area (TPSA) is 103 Å². The van der Waals surface area contributed by atoms with Crippen LogP contribution in [0.1, 0.15) is 10.4 Å². The van der Waals surface area contributed by atoms with Gasteiger partial charge in [-0.05, 0) is 18.2 Å². The first-order chi connectivity index (χ1) is 9.47. The molecule has 102 valence electrons. The predicted octanol–water partition coefficient (Wildman–Crippen LogP) is 3.13. The van der Waals surface area contributed by atoms with Gasteiger partial charge in [-0.3, -0.25) is 10.1 Å². The number of aromatic nitrogens is 1. The van der Waals surface area contributed by atoms with Crippen LogP contribution in [0.2, 0.25) is 5.02 Å². The molecule has 0 aliphatic rings. The van der Waals surface area contributed by atoms with Crippen molar-refractivity contribution in [2.75, 3.05) is 0 Å². The highest BCUT2D eigenvalue weighted by molar-refractivity contribution is 6.30. The van der Waals surface area contributed by atoms with Gasteiger partial charge in [0, 0.05) is 11.1 Å². The number of ether oxygens (including phenoxy) is 1. The van der Waals surface area contributed by atoms with Gasteiger partial charge in [-0.15, -0.1) is 0 Å². The lowest BCUT2D eigenvalue weighted by atomic mass is 10.2. The van der Waals surface area contributed by atoms with E-state index < -0.39 is 22.1 Å². The van der Waals surface area contributed by atoms with Crippen molar-refractivity contribution in [2.45, 2.75) is 0 Å². The molecule has 1 aromatic carbocycles. The molecule has 0 spiro atoms. The fourth-order valence-electron chi connectivity index (χ4n) is 1.42. The van der Waals surface area contributed by atoms with Crippen molar-refractivity contribution < 1.29 is 19.6 Å². The maximum absolute atomic E-state index is 11.1. The van der Waals surface area contributed by atoms with Crippen molar-refractivity contribution in [1.82, 2.24) is 4.98 Å². The van der Waals surface area contributed by atoms with E-state index in [0.29, 0.717) is 5.02 Å². The number of nitrogens with zero attached hydrogens (tertiary/aromatic N) is 2. The SMILES string of the molecule is O=C(O)c1cc([N+](=O)[O-])cnc1Oc1cccc(Cl)c1. The molecule has 0 saturated carbocycles. The van der Waals surface area contributed by atoms with Crippen molar-refractivity contribution in [3.63, 3.8) is 0 Å². The van der Waals surface area contributed by atoms with E-state index in [4.69, 9.17) is 21.4 Å². The minimum absolute atomic E-state index is 0.245. The van der Waals surface area contributed by atoms with Gasteiger partial charge in [0.2, 0.25) is 5.88 Å². The highest BCUT2D eigenvalue weighted by Gasteiger charge is 2.19. The molecule has 20 heavy (non-hydrogen) atoms. The molecule has 0 saturated heterocycles. The number of nitro groups is 1. The number of carbonyl (C=O) groups is 1. The standard InChI is InChI=1S/C12H7ClN2O5/c13-7-2-1-3-9(4-7)20-11-10(12(16)17)5-8(6-14-11)15(18)19/h1-6H,(H,16,17). The summed E-state index contributed by atoms with van der Waals surface area (Å²) in [5.74, 6) is -1.34. The molecule has 2 rings (SSSR count). The summed E-state index contributed by atoms with van der Waals surface area (Å²) in [5.41, 5.74) is -0.833. The van der Waals surface area contributed by atoms with Gasteiger partial charge in [0.1, 0.15) is 17.5 Å². The summed E-state index contributed by atoms with van der Waals surface area (Å²) in [4.78, 5) is 24.6. The Balaban J connectivity index is 2.41. The van der Waals surface area contributed by atoms with Crippen LogP contribution in [-0.4, -0.2) is 21.0 Å². The Morgan fingerprint density at radius 2 is 2.15 bits per heavy atom. The summed E-state index contributed by atoms with van der Waals surface area (Å²) in [6.07, 6.45) is 0.923. The summed E-state index contributed by atoms with van der Waals surface area (Å²) in [7, 11) is 0. The second-order valence-electron chi connectivity index (χ2n) is 3.67. The number of benzene rings is 1. The van der Waals surface area contributed by atoms with Gasteiger partial charge < -0.3 is 9.84 Å². The lowest BCUT2D eigenvalue weighted by Crippen LogP contribution is -2.03. The van der Waals surface area contributed by atoms with E-state index in [-0.39, 0.29) is 11.6 Å². The summed E-state index contributed by atoms with van der Waals surface area (Å²) in [5, 5.41) is 20.0. The highest BCUT2D eigenvalue weighted by Crippen LogP contribution is 2.27. The molecule has 0 aliphatic carbocycles. The average Bonchev–Trinajstić information content (AvgIpc) is 2.38. The monoisotopic (exact) mass is 294 g/mol. The van der Waals surface area contributed by atoms with E-state index in [1.807, 2.05) is 0 Å². The van der Waals surface area contributed by atoms with Crippen molar-refractivity contribution >= 4 is 23.3 Å². The number of rotatable bonds is 4. The number of carboxylic acids is 1. The Hall–Kier alpha value is -2.67. The molecule has 1 aromatic heterocycles. The zero-order valence-corrected chi connectivity index (χ0v) is 10.6. The smallest absolute Gasteiger partial charge is 0.341 e. The molecule has 0 bridgehead atoms. The first kappa shape index (κ1) is 13.8. The van der Waals surface area contributed by atoms with E-state index in [0.717, 1.165) is 12.3 Å². The third-order valence-electron chi connectivity index (χ3n) is 2.29. The van der Waals surface area contributed by atoms with Gasteiger partial charge in [-0.2, -0.15) is 0 Å². The van der Waals surface area contributed by atoms with Gasteiger partial charge in [0.05, 0.1) is 4.92 Å². The Morgan fingerprint density at radius 3 is 2.75 bits per heavy atom. The third kappa shape index (κ3) is 3.01. The fourth-order valence-corrected chi connectivity index (χ4v) is 1.60. The molecule has 7 nitrogen and oxygen atoms in total. The van der Waals surface area contributed by atoms with Crippen LogP contribution in [0, 0.1) is 10.1 Å². The number of hydrogen-bond acceptors (Lipinski definition) is 5. The fraction of sp³-hybridized carbons (Fsp3) is 0. The van der Waals surface area contributed by atoms with Crippen molar-refractivity contribution in [1.29, 1.82) is 0 Å². The molecule has 8 heteroatoms. The van der Waals surface area contributed by atoms with Gasteiger partial charge in [-0.1, -0.05) is 17.7 Å². The Morgan fingerprint density at radius 1 is 1.40 bits per heavy atom. The van der Waals surface area contributed by atoms with E-state index in [1.54, 1.807) is 18.2 Å². The number of pyridine rings is 1. The van der Waals surface area contributed by atoms with Crippen LogP contribution in [0.25, 0.3) is 0 Å². The van der Waals surface area contributed by atoms with Crippen LogP contribution in [0.4, 0.5) is 5.69 Å². The molecule has 1 heterocycles. The minimum atomic E-state index is -1.38. The van der Waals surface area contributed by atoms with Gasteiger partial charge in [0.25, 0.3) is 5.69 Å². The van der Waals surface area contributed by atoms with Crippen LogP contribution in [0.15, 0.2) is 36.5 Å². The second kappa shape index (κ2) is 5.54. The molecule has 0 radical (unpaired) electrons.